The Morgan fingerprint density at radius 2 is 2.04 bits per heavy atom. The fourth-order valence-electron chi connectivity index (χ4n) is 3.27. The van der Waals surface area contributed by atoms with Crippen LogP contribution in [0.15, 0.2) is 12.3 Å². The van der Waals surface area contributed by atoms with Gasteiger partial charge in [0, 0.05) is 43.4 Å². The topological polar surface area (TPSA) is 59.2 Å². The van der Waals surface area contributed by atoms with Crippen LogP contribution in [0.5, 0.6) is 0 Å². The number of hydrogen-bond acceptors (Lipinski definition) is 3. The molecule has 0 radical (unpaired) electrons. The van der Waals surface area contributed by atoms with Crippen molar-refractivity contribution in [2.24, 2.45) is 11.7 Å². The molecule has 0 saturated heterocycles. The monoisotopic (exact) mass is 357 g/mol. The van der Waals surface area contributed by atoms with E-state index in [9.17, 15) is 18.0 Å². The van der Waals surface area contributed by atoms with E-state index in [1.807, 2.05) is 0 Å². The van der Waals surface area contributed by atoms with E-state index < -0.39 is 11.7 Å². The van der Waals surface area contributed by atoms with Crippen LogP contribution in [-0.2, 0) is 23.9 Å². The van der Waals surface area contributed by atoms with Crippen LogP contribution >= 0.6 is 0 Å². The lowest BCUT2D eigenvalue weighted by Gasteiger charge is -2.30. The van der Waals surface area contributed by atoms with Gasteiger partial charge in [-0.15, -0.1) is 0 Å². The Balaban J connectivity index is 0.000000701. The van der Waals surface area contributed by atoms with Crippen LogP contribution in [0.25, 0.3) is 0 Å². The maximum Gasteiger partial charge on any atom is 0.417 e. The molecule has 0 aromatic carbocycles. The minimum Gasteiger partial charge on any atom is -0.338 e. The van der Waals surface area contributed by atoms with Gasteiger partial charge in [0.1, 0.15) is 0 Å². The third kappa shape index (κ3) is 4.93. The number of nitrogens with two attached hydrogens (primary N) is 1. The lowest BCUT2D eigenvalue weighted by Crippen LogP contribution is -2.40. The van der Waals surface area contributed by atoms with Crippen molar-refractivity contribution < 1.29 is 18.0 Å². The van der Waals surface area contributed by atoms with E-state index in [0.29, 0.717) is 30.6 Å². The van der Waals surface area contributed by atoms with E-state index in [2.05, 4.69) is 18.8 Å². The quantitative estimate of drug-likeness (QED) is 0.836. The van der Waals surface area contributed by atoms with E-state index in [1.165, 1.54) is 6.42 Å². The molecule has 4 nitrogen and oxygen atoms in total. The third-order valence-electron chi connectivity index (χ3n) is 4.50. The number of hydrogen-bond donors (Lipinski definition) is 1. The van der Waals surface area contributed by atoms with Gasteiger partial charge >= 0.3 is 6.18 Å². The molecule has 1 aromatic rings. The number of alkyl halides is 3. The molecule has 1 aliphatic carbocycles. The molecule has 3 rings (SSSR count). The summed E-state index contributed by atoms with van der Waals surface area (Å²) in [5.41, 5.74) is 6.22. The average molecular weight is 357 g/mol. The number of carbonyl (C=O) groups is 1. The number of nitrogens with zero attached hydrogens (tertiary/aromatic N) is 2. The maximum absolute atomic E-state index is 12.8. The number of aromatic nitrogens is 1. The Morgan fingerprint density at radius 3 is 2.60 bits per heavy atom. The first-order valence-corrected chi connectivity index (χ1v) is 8.85. The molecule has 7 heteroatoms. The summed E-state index contributed by atoms with van der Waals surface area (Å²) in [7, 11) is 0. The highest BCUT2D eigenvalue weighted by Crippen LogP contribution is 2.32. The molecule has 0 bridgehead atoms. The Bertz CT molecular complexity index is 604. The highest BCUT2D eigenvalue weighted by atomic mass is 19.4. The first-order valence-electron chi connectivity index (χ1n) is 8.85. The molecular weight excluding hydrogens is 331 g/mol. The molecule has 2 N–H and O–H groups in total. The second-order valence-corrected chi connectivity index (χ2v) is 6.81. The third-order valence-corrected chi connectivity index (χ3v) is 4.50. The summed E-state index contributed by atoms with van der Waals surface area (Å²) in [5.74, 6) is -0.0775. The molecule has 1 fully saturated rings. The number of pyridine rings is 1. The molecule has 140 valence electrons. The van der Waals surface area contributed by atoms with Crippen LogP contribution in [0.3, 0.4) is 0 Å². The van der Waals surface area contributed by atoms with Crippen molar-refractivity contribution in [3.63, 3.8) is 0 Å². The molecule has 25 heavy (non-hydrogen) atoms. The molecule has 1 aromatic heterocycles. The van der Waals surface area contributed by atoms with Crippen molar-refractivity contribution in [3.05, 3.63) is 29.1 Å². The summed E-state index contributed by atoms with van der Waals surface area (Å²) in [6.07, 6.45) is 0.477. The summed E-state index contributed by atoms with van der Waals surface area (Å²) >= 11 is 0. The van der Waals surface area contributed by atoms with Crippen molar-refractivity contribution in [2.45, 2.75) is 64.7 Å². The smallest absolute Gasteiger partial charge is 0.338 e. The first-order chi connectivity index (χ1) is 11.8. The number of rotatable bonds is 1. The van der Waals surface area contributed by atoms with E-state index in [0.717, 1.165) is 25.1 Å². The number of halogens is 3. The number of fused-ring (bicyclic) bond motifs is 1. The second-order valence-electron chi connectivity index (χ2n) is 6.81. The summed E-state index contributed by atoms with van der Waals surface area (Å²) < 4.78 is 38.3. The predicted octanol–water partition coefficient (Wildman–Crippen LogP) is 3.53. The fraction of sp³-hybridized carbons (Fsp3) is 0.667. The first kappa shape index (κ1) is 19.7. The van der Waals surface area contributed by atoms with Gasteiger partial charge in [-0.1, -0.05) is 20.3 Å². The Kier molecular flexibility index (Phi) is 6.43. The van der Waals surface area contributed by atoms with E-state index in [1.54, 1.807) is 4.90 Å². The van der Waals surface area contributed by atoms with Gasteiger partial charge in [-0.25, -0.2) is 0 Å². The molecule has 1 saturated carbocycles. The molecule has 2 unspecified atom stereocenters. The summed E-state index contributed by atoms with van der Waals surface area (Å²) in [4.78, 5) is 18.0. The van der Waals surface area contributed by atoms with E-state index >= 15 is 0 Å². The Morgan fingerprint density at radius 1 is 1.36 bits per heavy atom. The van der Waals surface area contributed by atoms with Gasteiger partial charge < -0.3 is 10.6 Å². The van der Waals surface area contributed by atoms with Crippen molar-refractivity contribution in [3.8, 4) is 0 Å². The van der Waals surface area contributed by atoms with Gasteiger partial charge in [-0.3, -0.25) is 9.78 Å². The predicted molar refractivity (Wildman–Crippen MR) is 89.6 cm³/mol. The van der Waals surface area contributed by atoms with Crippen LogP contribution in [0, 0.1) is 5.92 Å². The Hall–Kier alpha value is -1.63. The maximum atomic E-state index is 12.8. The van der Waals surface area contributed by atoms with Crippen LogP contribution in [0.4, 0.5) is 13.2 Å². The van der Waals surface area contributed by atoms with Crippen LogP contribution in [0.2, 0.25) is 0 Å². The molecular formula is C18H26F3N3O. The lowest BCUT2D eigenvalue weighted by molar-refractivity contribution is -0.137. The standard InChI is InChI=1S/C15H18F3N3O.C3H8/c16-15(17,18)11-5-10-8-21(4-3-13(10)20-7-11)14(22)9-1-2-12(19)6-9;1-3-2/h5,7,9,12H,1-4,6,8,19H2;3H2,1-2H3. The summed E-state index contributed by atoms with van der Waals surface area (Å²) in [6, 6.07) is 1.17. The highest BCUT2D eigenvalue weighted by molar-refractivity contribution is 5.79. The largest absolute Gasteiger partial charge is 0.417 e. The van der Waals surface area contributed by atoms with Gasteiger partial charge in [0.2, 0.25) is 5.91 Å². The molecule has 1 aliphatic heterocycles. The molecule has 2 atom stereocenters. The number of amides is 1. The zero-order valence-corrected chi connectivity index (χ0v) is 14.8. The van der Waals surface area contributed by atoms with Gasteiger partial charge in [0.25, 0.3) is 0 Å². The van der Waals surface area contributed by atoms with Gasteiger partial charge in [0.05, 0.1) is 5.56 Å². The highest BCUT2D eigenvalue weighted by Gasteiger charge is 2.35. The second kappa shape index (κ2) is 8.17. The number of carbonyl (C=O) groups excluding carboxylic acids is 1. The van der Waals surface area contributed by atoms with Crippen molar-refractivity contribution in [1.29, 1.82) is 0 Å². The van der Waals surface area contributed by atoms with Gasteiger partial charge in [-0.2, -0.15) is 13.2 Å². The van der Waals surface area contributed by atoms with E-state index in [4.69, 9.17) is 5.73 Å². The normalized spacial score (nSPS) is 22.9. The SMILES string of the molecule is CCC.NC1CCC(C(=O)N2CCc3ncc(C(F)(F)F)cc3C2)C1. The van der Waals surface area contributed by atoms with Gasteiger partial charge in [0.15, 0.2) is 0 Å². The molecule has 0 spiro atoms. The average Bonchev–Trinajstić information content (AvgIpc) is 2.99. The minimum atomic E-state index is -4.41. The summed E-state index contributed by atoms with van der Waals surface area (Å²) in [6.45, 7) is 4.97. The van der Waals surface area contributed by atoms with E-state index in [-0.39, 0.29) is 24.4 Å². The molecule has 1 amide bonds. The summed E-state index contributed by atoms with van der Waals surface area (Å²) in [5, 5.41) is 0. The minimum absolute atomic E-state index is 0.0102. The zero-order chi connectivity index (χ0) is 18.6. The lowest BCUT2D eigenvalue weighted by atomic mass is 10.00. The molecule has 2 heterocycles. The van der Waals surface area contributed by atoms with Gasteiger partial charge in [-0.05, 0) is 30.9 Å². The van der Waals surface area contributed by atoms with Crippen molar-refractivity contribution in [1.82, 2.24) is 9.88 Å². The molecule has 2 aliphatic rings. The Labute approximate surface area is 146 Å². The van der Waals surface area contributed by atoms with Crippen LogP contribution in [0.1, 0.15) is 56.4 Å². The fourth-order valence-corrected chi connectivity index (χ4v) is 3.27. The van der Waals surface area contributed by atoms with Crippen LogP contribution in [-0.4, -0.2) is 28.4 Å². The zero-order valence-electron chi connectivity index (χ0n) is 14.8. The van der Waals surface area contributed by atoms with Crippen molar-refractivity contribution >= 4 is 5.91 Å². The van der Waals surface area contributed by atoms with Crippen molar-refractivity contribution in [2.75, 3.05) is 6.54 Å². The van der Waals surface area contributed by atoms with Crippen LogP contribution < -0.4 is 5.73 Å².